The summed E-state index contributed by atoms with van der Waals surface area (Å²) in [5.41, 5.74) is 2.61. The number of carbonyl (C=O) groups excluding carboxylic acids is 5. The van der Waals surface area contributed by atoms with Gasteiger partial charge in [0.05, 0.1) is 39.1 Å². The van der Waals surface area contributed by atoms with Crippen LogP contribution in [0.1, 0.15) is 54.7 Å². The Bertz CT molecular complexity index is 2380. The van der Waals surface area contributed by atoms with Crippen molar-refractivity contribution in [3.8, 4) is 5.75 Å². The first-order valence-electron chi connectivity index (χ1n) is 24.5. The molecule has 0 spiro atoms. The van der Waals surface area contributed by atoms with Gasteiger partial charge in [-0.05, 0) is 47.0 Å². The van der Waals surface area contributed by atoms with Crippen LogP contribution in [0.15, 0.2) is 115 Å². The molecule has 2 saturated heterocycles. The van der Waals surface area contributed by atoms with Crippen LogP contribution in [-0.2, 0) is 95.8 Å². The van der Waals surface area contributed by atoms with E-state index < -0.39 is 112 Å². The van der Waals surface area contributed by atoms with Crippen LogP contribution in [0.25, 0.3) is 0 Å². The number of methoxy groups -OCH3 is 1. The molecule has 4 aromatic carbocycles. The molecule has 4 aromatic rings. The minimum Gasteiger partial charge on any atom is -0.497 e. The third-order valence-corrected chi connectivity index (χ3v) is 13.5. The summed E-state index contributed by atoms with van der Waals surface area (Å²) >= 11 is 0. The van der Waals surface area contributed by atoms with E-state index >= 15 is 0 Å². The molecule has 0 aliphatic carbocycles. The van der Waals surface area contributed by atoms with Gasteiger partial charge in [0, 0.05) is 42.4 Å². The fourth-order valence-corrected chi connectivity index (χ4v) is 8.97. The van der Waals surface area contributed by atoms with E-state index in [0.717, 1.165) is 31.9 Å². The smallest absolute Gasteiger partial charge is 0.338 e. The van der Waals surface area contributed by atoms with Crippen LogP contribution >= 0.6 is 0 Å². The Morgan fingerprint density at radius 3 is 1.69 bits per heavy atom. The molecule has 0 aromatic heterocycles. The lowest BCUT2D eigenvalue weighted by Crippen LogP contribution is -2.68. The van der Waals surface area contributed by atoms with Crippen molar-refractivity contribution in [2.75, 3.05) is 26.9 Å². The molecule has 6 rings (SSSR count). The van der Waals surface area contributed by atoms with E-state index in [2.05, 4.69) is 19.6 Å². The van der Waals surface area contributed by atoms with Crippen LogP contribution < -0.4 is 4.74 Å². The zero-order valence-corrected chi connectivity index (χ0v) is 44.1. The molecule has 18 nitrogen and oxygen atoms in total. The van der Waals surface area contributed by atoms with Gasteiger partial charge in [0.2, 0.25) is 0 Å². The summed E-state index contributed by atoms with van der Waals surface area (Å²) in [6.07, 6.45) is -15.7. The average molecular weight is 1050 g/mol. The predicted octanol–water partition coefficient (Wildman–Crippen LogP) is 7.16. The Kier molecular flexibility index (Phi) is 21.7. The van der Waals surface area contributed by atoms with Gasteiger partial charge in [-0.1, -0.05) is 111 Å². The lowest BCUT2D eigenvalue weighted by Gasteiger charge is -2.50. The molecular weight excluding hydrogens is 977 g/mol. The molecule has 2 fully saturated rings. The second kappa shape index (κ2) is 28.0. The maximum Gasteiger partial charge on any atom is 0.338 e. The summed E-state index contributed by atoms with van der Waals surface area (Å²) in [4.78, 5) is 65.4. The molecule has 0 N–H and O–H groups in total. The summed E-state index contributed by atoms with van der Waals surface area (Å²) in [7, 11) is -0.194. The quantitative estimate of drug-likeness (QED) is 0.0367. The van der Waals surface area contributed by atoms with Crippen molar-refractivity contribution in [2.45, 2.75) is 141 Å². The SMILES string of the molecule is COc1ccc(CO[C@H]2[C@H](O[C@@H]3O[C@H](COC(C)=O)[C@@H](OC(C)=O)[C@H](OC(C)=O)[C@H]3OC(C)=O)[C@@H]([C@H](COCc3ccccc3)OCc3ccccc3)O[C@H](OCC[Si](C)(C)C)[C@H]2OC(=O)c2ccccc2)cc1. The van der Waals surface area contributed by atoms with Gasteiger partial charge in [0.15, 0.2) is 37.0 Å². The van der Waals surface area contributed by atoms with Gasteiger partial charge in [-0.15, -0.1) is 0 Å². The normalized spacial score (nSPS) is 24.2. The Labute approximate surface area is 433 Å². The standard InChI is InChI=1S/C55H68O18Si/c1-35(56)64-34-45-47(67-36(2)57)50(68-37(3)58)52(69-38(4)59)55(70-45)73-49-46(44(65-31-40-20-14-10-15-21-40)33-62-30-39-18-12-9-13-19-39)72-54(63-28-29-74(6,7)8)51(71-53(60)42-22-16-11-17-23-42)48(49)66-32-41-24-26-43(61-5)27-25-41/h9-27,44-52,54-55H,28-34H2,1-8H3/t44-,45+,46+,47+,48-,49+,50-,51-,52+,54-,55-/m0/s1. The third-order valence-electron chi connectivity index (χ3n) is 11.8. The van der Waals surface area contributed by atoms with Crippen LogP contribution in [0.3, 0.4) is 0 Å². The summed E-state index contributed by atoms with van der Waals surface area (Å²) in [5, 5.41) is 0. The fraction of sp³-hybridized carbons (Fsp3) is 0.473. The number of hydrogen-bond acceptors (Lipinski definition) is 18. The first-order valence-corrected chi connectivity index (χ1v) is 28.2. The van der Waals surface area contributed by atoms with Crippen LogP contribution in [0, 0.1) is 0 Å². The van der Waals surface area contributed by atoms with E-state index in [1.807, 2.05) is 60.7 Å². The third kappa shape index (κ3) is 17.5. The van der Waals surface area contributed by atoms with Gasteiger partial charge in [0.1, 0.15) is 42.9 Å². The van der Waals surface area contributed by atoms with Crippen molar-refractivity contribution in [2.24, 2.45) is 0 Å². The highest BCUT2D eigenvalue weighted by atomic mass is 28.3. The van der Waals surface area contributed by atoms with E-state index in [0.29, 0.717) is 17.4 Å². The van der Waals surface area contributed by atoms with Gasteiger partial charge >= 0.3 is 29.8 Å². The molecule has 0 radical (unpaired) electrons. The topological polar surface area (TPSA) is 205 Å². The van der Waals surface area contributed by atoms with E-state index in [1.165, 1.54) is 6.92 Å². The molecule has 0 saturated carbocycles. The molecule has 2 aliphatic heterocycles. The minimum absolute atomic E-state index is 0.0662. The van der Waals surface area contributed by atoms with Crippen molar-refractivity contribution in [1.29, 1.82) is 0 Å². The van der Waals surface area contributed by atoms with Crippen LogP contribution in [0.5, 0.6) is 5.75 Å². The molecule has 0 amide bonds. The van der Waals surface area contributed by atoms with Crippen molar-refractivity contribution >= 4 is 37.9 Å². The number of carbonyl (C=O) groups is 5. The molecule has 11 atom stereocenters. The Morgan fingerprint density at radius 1 is 0.554 bits per heavy atom. The lowest BCUT2D eigenvalue weighted by atomic mass is 9.93. The second-order valence-corrected chi connectivity index (χ2v) is 24.6. The van der Waals surface area contributed by atoms with Gasteiger partial charge in [-0.3, -0.25) is 19.2 Å². The Morgan fingerprint density at radius 2 is 1.11 bits per heavy atom. The maximum atomic E-state index is 14.3. The first-order chi connectivity index (χ1) is 35.5. The summed E-state index contributed by atoms with van der Waals surface area (Å²) in [6, 6.07) is 35.2. The monoisotopic (exact) mass is 1040 g/mol. The number of esters is 5. The van der Waals surface area contributed by atoms with Crippen molar-refractivity contribution in [3.05, 3.63) is 138 Å². The van der Waals surface area contributed by atoms with Gasteiger partial charge in [-0.2, -0.15) is 0 Å². The van der Waals surface area contributed by atoms with E-state index in [1.54, 1.807) is 61.7 Å². The maximum absolute atomic E-state index is 14.3. The minimum atomic E-state index is -1.75. The molecule has 19 heteroatoms. The number of rotatable bonds is 25. The molecule has 2 heterocycles. The average Bonchev–Trinajstić information content (AvgIpc) is 3.36. The molecule has 0 bridgehead atoms. The van der Waals surface area contributed by atoms with Crippen LogP contribution in [0.2, 0.25) is 25.7 Å². The van der Waals surface area contributed by atoms with Crippen molar-refractivity contribution in [1.82, 2.24) is 0 Å². The van der Waals surface area contributed by atoms with Crippen LogP contribution in [-0.4, -0.2) is 132 Å². The van der Waals surface area contributed by atoms with Gasteiger partial charge in [-0.25, -0.2) is 4.79 Å². The summed E-state index contributed by atoms with van der Waals surface area (Å²) in [5.74, 6) is -3.34. The zero-order valence-electron chi connectivity index (χ0n) is 43.1. The summed E-state index contributed by atoms with van der Waals surface area (Å²) < 4.78 is 82.2. The Hall–Kier alpha value is -6.03. The highest BCUT2D eigenvalue weighted by molar-refractivity contribution is 6.76. The molecular formula is C55H68O18Si. The molecule has 74 heavy (non-hydrogen) atoms. The number of benzene rings is 4. The van der Waals surface area contributed by atoms with E-state index in [-0.39, 0.29) is 38.6 Å². The van der Waals surface area contributed by atoms with E-state index in [9.17, 15) is 24.0 Å². The van der Waals surface area contributed by atoms with Crippen molar-refractivity contribution in [3.63, 3.8) is 0 Å². The molecule has 0 unspecified atom stereocenters. The fourth-order valence-electron chi connectivity index (χ4n) is 8.24. The Balaban J connectivity index is 1.54. The first kappa shape index (κ1) is 57.2. The predicted molar refractivity (Wildman–Crippen MR) is 268 cm³/mol. The number of ether oxygens (including phenoxy) is 13. The summed E-state index contributed by atoms with van der Waals surface area (Å²) in [6.45, 7) is 10.9. The lowest BCUT2D eigenvalue weighted by molar-refractivity contribution is -0.370. The van der Waals surface area contributed by atoms with Gasteiger partial charge in [0.25, 0.3) is 0 Å². The largest absolute Gasteiger partial charge is 0.497 e. The highest BCUT2D eigenvalue weighted by Gasteiger charge is 2.58. The number of hydrogen-bond donors (Lipinski definition) is 0. The highest BCUT2D eigenvalue weighted by Crippen LogP contribution is 2.38. The molecule has 400 valence electrons. The zero-order chi connectivity index (χ0) is 53.2. The van der Waals surface area contributed by atoms with E-state index in [4.69, 9.17) is 61.6 Å². The van der Waals surface area contributed by atoms with Gasteiger partial charge < -0.3 is 61.6 Å². The van der Waals surface area contributed by atoms with Crippen LogP contribution in [0.4, 0.5) is 0 Å². The van der Waals surface area contributed by atoms with Crippen molar-refractivity contribution < 1.29 is 85.6 Å². The second-order valence-electron chi connectivity index (χ2n) is 19.0. The molecule has 2 aliphatic rings.